The number of carbonyl (C=O) groups is 1. The molecule has 6 heteroatoms. The Bertz CT molecular complexity index is 479. The van der Waals surface area contributed by atoms with E-state index >= 15 is 0 Å². The minimum Gasteiger partial charge on any atom is -0.409 e. The van der Waals surface area contributed by atoms with Gasteiger partial charge in [-0.1, -0.05) is 25.9 Å². The Morgan fingerprint density at radius 2 is 1.95 bits per heavy atom. The summed E-state index contributed by atoms with van der Waals surface area (Å²) in [6.45, 7) is 6.30. The summed E-state index contributed by atoms with van der Waals surface area (Å²) in [4.78, 5) is 14.8. The lowest BCUT2D eigenvalue weighted by molar-refractivity contribution is -0.128. The highest BCUT2D eigenvalue weighted by molar-refractivity contribution is 7.11. The number of oxime groups is 1. The molecule has 1 amide bonds. The average Bonchev–Trinajstić information content (AvgIpc) is 2.94. The van der Waals surface area contributed by atoms with Crippen molar-refractivity contribution in [3.8, 4) is 0 Å². The summed E-state index contributed by atoms with van der Waals surface area (Å²) >= 11 is 1.69. The molecule has 0 atom stereocenters. The highest BCUT2D eigenvalue weighted by atomic mass is 32.1. The molecule has 0 saturated carbocycles. The SMILES string of the molecule is CCc1ccc(CNC(=O)C(CC)(CC)/C(N)=N/O)s1. The Morgan fingerprint density at radius 3 is 2.40 bits per heavy atom. The van der Waals surface area contributed by atoms with Gasteiger partial charge in [0.15, 0.2) is 5.84 Å². The number of hydrogen-bond donors (Lipinski definition) is 3. The molecule has 1 heterocycles. The summed E-state index contributed by atoms with van der Waals surface area (Å²) in [7, 11) is 0. The van der Waals surface area contributed by atoms with Crippen LogP contribution in [-0.2, 0) is 17.8 Å². The van der Waals surface area contributed by atoms with Crippen molar-refractivity contribution in [2.45, 2.75) is 46.6 Å². The predicted octanol–water partition coefficient (Wildman–Crippen LogP) is 2.48. The number of nitrogens with two attached hydrogens (primary N) is 1. The molecule has 1 aromatic heterocycles. The number of nitrogens with one attached hydrogen (secondary N) is 1. The third kappa shape index (κ3) is 3.30. The van der Waals surface area contributed by atoms with Crippen LogP contribution >= 0.6 is 11.3 Å². The summed E-state index contributed by atoms with van der Waals surface area (Å²) in [5.41, 5.74) is 4.78. The molecular formula is C14H23N3O2S. The minimum atomic E-state index is -0.931. The van der Waals surface area contributed by atoms with E-state index in [0.717, 1.165) is 11.3 Å². The lowest BCUT2D eigenvalue weighted by Gasteiger charge is -2.28. The molecule has 0 bridgehead atoms. The molecule has 0 spiro atoms. The fourth-order valence-corrected chi connectivity index (χ4v) is 3.09. The van der Waals surface area contributed by atoms with Gasteiger partial charge in [-0.3, -0.25) is 4.79 Å². The van der Waals surface area contributed by atoms with Crippen molar-refractivity contribution in [3.63, 3.8) is 0 Å². The van der Waals surface area contributed by atoms with Crippen LogP contribution in [0.25, 0.3) is 0 Å². The zero-order chi connectivity index (χ0) is 15.2. The molecule has 112 valence electrons. The summed E-state index contributed by atoms with van der Waals surface area (Å²) in [6.07, 6.45) is 1.99. The summed E-state index contributed by atoms with van der Waals surface area (Å²) in [5.74, 6) is -0.218. The van der Waals surface area contributed by atoms with E-state index in [1.54, 1.807) is 11.3 Å². The number of amides is 1. The topological polar surface area (TPSA) is 87.7 Å². The van der Waals surface area contributed by atoms with Crippen molar-refractivity contribution in [3.05, 3.63) is 21.9 Å². The van der Waals surface area contributed by atoms with Crippen LogP contribution in [-0.4, -0.2) is 17.0 Å². The first kappa shape index (κ1) is 16.5. The van der Waals surface area contributed by atoms with Crippen molar-refractivity contribution in [1.29, 1.82) is 0 Å². The first-order valence-corrected chi connectivity index (χ1v) is 7.69. The molecule has 5 nitrogen and oxygen atoms in total. The Kier molecular flexibility index (Phi) is 6.01. The molecule has 0 aliphatic rings. The van der Waals surface area contributed by atoms with Gasteiger partial charge in [-0.15, -0.1) is 11.3 Å². The Labute approximate surface area is 123 Å². The molecule has 0 saturated heterocycles. The molecule has 0 unspecified atom stereocenters. The van der Waals surface area contributed by atoms with E-state index < -0.39 is 5.41 Å². The average molecular weight is 297 g/mol. The summed E-state index contributed by atoms with van der Waals surface area (Å²) < 4.78 is 0. The second kappa shape index (κ2) is 7.28. The van der Waals surface area contributed by atoms with Crippen LogP contribution in [0.4, 0.5) is 0 Å². The minimum absolute atomic E-state index is 0.0274. The van der Waals surface area contributed by atoms with Gasteiger partial charge in [-0.2, -0.15) is 0 Å². The molecule has 1 aromatic rings. The maximum atomic E-state index is 12.4. The molecule has 1 rings (SSSR count). The van der Waals surface area contributed by atoms with E-state index in [0.29, 0.717) is 19.4 Å². The monoisotopic (exact) mass is 297 g/mol. The summed E-state index contributed by atoms with van der Waals surface area (Å²) in [6, 6.07) is 4.09. The number of rotatable bonds is 7. The number of aryl methyl sites for hydroxylation is 1. The number of hydrogen-bond acceptors (Lipinski definition) is 4. The van der Waals surface area contributed by atoms with Gasteiger partial charge in [-0.05, 0) is 31.4 Å². The van der Waals surface area contributed by atoms with Gasteiger partial charge in [0.05, 0.1) is 6.54 Å². The number of carbonyl (C=O) groups excluding carboxylic acids is 1. The zero-order valence-corrected chi connectivity index (χ0v) is 13.1. The normalized spacial score (nSPS) is 12.4. The fourth-order valence-electron chi connectivity index (χ4n) is 2.19. The van der Waals surface area contributed by atoms with Crippen LogP contribution in [0.3, 0.4) is 0 Å². The molecular weight excluding hydrogens is 274 g/mol. The predicted molar refractivity (Wildman–Crippen MR) is 82.0 cm³/mol. The molecule has 0 aromatic carbocycles. The number of amidine groups is 1. The number of thiophene rings is 1. The van der Waals surface area contributed by atoms with Crippen LogP contribution < -0.4 is 11.1 Å². The maximum Gasteiger partial charge on any atom is 0.234 e. The fraction of sp³-hybridized carbons (Fsp3) is 0.571. The van der Waals surface area contributed by atoms with E-state index in [9.17, 15) is 4.79 Å². The van der Waals surface area contributed by atoms with Crippen molar-refractivity contribution < 1.29 is 10.0 Å². The van der Waals surface area contributed by atoms with E-state index in [4.69, 9.17) is 10.9 Å². The molecule has 0 radical (unpaired) electrons. The van der Waals surface area contributed by atoms with E-state index in [2.05, 4.69) is 23.5 Å². The van der Waals surface area contributed by atoms with Crippen LogP contribution in [0.2, 0.25) is 0 Å². The van der Waals surface area contributed by atoms with Crippen molar-refractivity contribution >= 4 is 23.1 Å². The zero-order valence-electron chi connectivity index (χ0n) is 12.3. The van der Waals surface area contributed by atoms with E-state index in [1.165, 1.54) is 4.88 Å². The van der Waals surface area contributed by atoms with Crippen LogP contribution in [0.5, 0.6) is 0 Å². The third-order valence-electron chi connectivity index (χ3n) is 3.73. The molecule has 0 aliphatic carbocycles. The first-order valence-electron chi connectivity index (χ1n) is 6.87. The lowest BCUT2D eigenvalue weighted by atomic mass is 9.80. The largest absolute Gasteiger partial charge is 0.409 e. The van der Waals surface area contributed by atoms with E-state index in [-0.39, 0.29) is 11.7 Å². The number of nitrogens with zero attached hydrogens (tertiary/aromatic N) is 1. The van der Waals surface area contributed by atoms with Gasteiger partial charge in [0.2, 0.25) is 5.91 Å². The van der Waals surface area contributed by atoms with Crippen LogP contribution in [0.1, 0.15) is 43.4 Å². The van der Waals surface area contributed by atoms with Crippen molar-refractivity contribution in [1.82, 2.24) is 5.32 Å². The van der Waals surface area contributed by atoms with E-state index in [1.807, 2.05) is 19.9 Å². The standard InChI is InChI=1S/C14H23N3O2S/c1-4-10-7-8-11(20-10)9-16-13(18)14(5-2,6-3)12(15)17-19/h7-8,19H,4-6,9H2,1-3H3,(H2,15,17)(H,16,18). The van der Waals surface area contributed by atoms with Gasteiger partial charge in [0.1, 0.15) is 5.41 Å². The Morgan fingerprint density at radius 1 is 1.35 bits per heavy atom. The van der Waals surface area contributed by atoms with Crippen molar-refractivity contribution in [2.75, 3.05) is 0 Å². The molecule has 0 fully saturated rings. The molecule has 20 heavy (non-hydrogen) atoms. The van der Waals surface area contributed by atoms with Gasteiger partial charge < -0.3 is 16.3 Å². The first-order chi connectivity index (χ1) is 9.53. The second-order valence-electron chi connectivity index (χ2n) is 4.68. The second-order valence-corrected chi connectivity index (χ2v) is 5.93. The van der Waals surface area contributed by atoms with Crippen LogP contribution in [0.15, 0.2) is 17.3 Å². The highest BCUT2D eigenvalue weighted by Gasteiger charge is 2.39. The third-order valence-corrected chi connectivity index (χ3v) is 4.96. The van der Waals surface area contributed by atoms with Gasteiger partial charge in [0, 0.05) is 9.75 Å². The summed E-state index contributed by atoms with van der Waals surface area (Å²) in [5, 5.41) is 14.8. The van der Waals surface area contributed by atoms with Crippen molar-refractivity contribution in [2.24, 2.45) is 16.3 Å². The Hall–Kier alpha value is -1.56. The Balaban J connectivity index is 2.77. The lowest BCUT2D eigenvalue weighted by Crippen LogP contribution is -2.49. The highest BCUT2D eigenvalue weighted by Crippen LogP contribution is 2.27. The smallest absolute Gasteiger partial charge is 0.234 e. The molecule has 4 N–H and O–H groups in total. The molecule has 0 aliphatic heterocycles. The van der Waals surface area contributed by atoms with Gasteiger partial charge >= 0.3 is 0 Å². The van der Waals surface area contributed by atoms with Gasteiger partial charge in [0.25, 0.3) is 0 Å². The quantitative estimate of drug-likeness (QED) is 0.313. The van der Waals surface area contributed by atoms with Crippen LogP contribution in [0, 0.1) is 5.41 Å². The van der Waals surface area contributed by atoms with Gasteiger partial charge in [-0.25, -0.2) is 0 Å². The maximum absolute atomic E-state index is 12.4.